The fourth-order valence-electron chi connectivity index (χ4n) is 1.81. The van der Waals surface area contributed by atoms with Crippen molar-refractivity contribution < 1.29 is 4.79 Å². The van der Waals surface area contributed by atoms with Crippen LogP contribution in [0.15, 0.2) is 18.2 Å². The van der Waals surface area contributed by atoms with Crippen LogP contribution in [-0.2, 0) is 4.79 Å². The van der Waals surface area contributed by atoms with Gasteiger partial charge in [0.25, 0.3) is 0 Å². The first-order valence-electron chi connectivity index (χ1n) is 5.16. The van der Waals surface area contributed by atoms with E-state index in [1.54, 1.807) is 30.7 Å². The lowest BCUT2D eigenvalue weighted by Gasteiger charge is -2.12. The summed E-state index contributed by atoms with van der Waals surface area (Å²) in [5.41, 5.74) is 1.70. The number of H-pyrrole nitrogens is 1. The number of aromatic nitrogens is 2. The summed E-state index contributed by atoms with van der Waals surface area (Å²) >= 11 is 11.2. The number of rotatable bonds is 2. The second-order valence-corrected chi connectivity index (χ2v) is 4.57. The third-order valence-corrected chi connectivity index (χ3v) is 3.23. The number of carbonyl (C=O) groups excluding carboxylic acids is 1. The smallest absolute Gasteiger partial charge is 0.242 e. The van der Waals surface area contributed by atoms with Gasteiger partial charge in [0.05, 0.1) is 11.0 Å². The predicted molar refractivity (Wildman–Crippen MR) is 70.9 cm³/mol. The van der Waals surface area contributed by atoms with Crippen LogP contribution in [0.4, 0.5) is 0 Å². The molecule has 0 aliphatic carbocycles. The Kier molecular flexibility index (Phi) is 3.22. The molecule has 0 bridgehead atoms. The summed E-state index contributed by atoms with van der Waals surface area (Å²) in [6.45, 7) is 1.79. The molecule has 0 aliphatic rings. The normalized spacial score (nSPS) is 12.6. The fraction of sp³-hybridized carbons (Fsp3) is 0.273. The summed E-state index contributed by atoms with van der Waals surface area (Å²) in [5, 5.41) is 3.22. The molecule has 1 heterocycles. The third-order valence-electron chi connectivity index (χ3n) is 2.69. The zero-order valence-electron chi connectivity index (χ0n) is 9.45. The van der Waals surface area contributed by atoms with Crippen molar-refractivity contribution in [1.29, 1.82) is 0 Å². The lowest BCUT2D eigenvalue weighted by Crippen LogP contribution is -2.27. The molecule has 0 spiro atoms. The monoisotopic (exact) mass is 269 g/mol. The van der Waals surface area contributed by atoms with E-state index in [0.717, 1.165) is 11.0 Å². The molecule has 1 aromatic heterocycles. The maximum absolute atomic E-state index is 11.7. The number of nitrogens with zero attached hydrogens (tertiary/aromatic N) is 1. The van der Waals surface area contributed by atoms with Gasteiger partial charge in [0.1, 0.15) is 6.04 Å². The quantitative estimate of drug-likeness (QED) is 0.824. The number of hydrogen-bond donors (Lipinski definition) is 2. The largest absolute Gasteiger partial charge is 0.357 e. The number of benzene rings is 1. The number of aromatic amines is 1. The van der Waals surface area contributed by atoms with Gasteiger partial charge in [-0.1, -0.05) is 11.6 Å². The van der Waals surface area contributed by atoms with Crippen molar-refractivity contribution in [3.63, 3.8) is 0 Å². The molecule has 17 heavy (non-hydrogen) atoms. The second kappa shape index (κ2) is 4.50. The highest BCUT2D eigenvalue weighted by atomic mass is 35.5. The summed E-state index contributed by atoms with van der Waals surface area (Å²) in [7, 11) is 1.60. The molecular weight excluding hydrogens is 258 g/mol. The minimum atomic E-state index is -0.375. The third kappa shape index (κ3) is 2.08. The fourth-order valence-corrected chi connectivity index (χ4v) is 2.34. The van der Waals surface area contributed by atoms with Crippen molar-refractivity contribution in [1.82, 2.24) is 14.9 Å². The van der Waals surface area contributed by atoms with Crippen LogP contribution in [0.1, 0.15) is 13.0 Å². The average molecular weight is 270 g/mol. The van der Waals surface area contributed by atoms with Gasteiger partial charge in [0, 0.05) is 12.1 Å². The van der Waals surface area contributed by atoms with E-state index in [0.29, 0.717) is 9.79 Å². The topological polar surface area (TPSA) is 49.8 Å². The van der Waals surface area contributed by atoms with Crippen molar-refractivity contribution >= 4 is 40.8 Å². The van der Waals surface area contributed by atoms with Gasteiger partial charge >= 0.3 is 0 Å². The first-order chi connectivity index (χ1) is 8.04. The SMILES string of the molecule is CNC(=O)C(C)n1c(=S)[nH]c2ccc(Cl)cc21. The molecule has 90 valence electrons. The molecule has 1 amide bonds. The Labute approximate surface area is 109 Å². The van der Waals surface area contributed by atoms with Gasteiger partial charge in [-0.15, -0.1) is 0 Å². The molecule has 1 unspecified atom stereocenters. The Morgan fingerprint density at radius 1 is 1.59 bits per heavy atom. The van der Waals surface area contributed by atoms with Gasteiger partial charge in [-0.2, -0.15) is 0 Å². The van der Waals surface area contributed by atoms with Gasteiger partial charge in [-0.3, -0.25) is 4.79 Å². The van der Waals surface area contributed by atoms with Crippen LogP contribution >= 0.6 is 23.8 Å². The van der Waals surface area contributed by atoms with Gasteiger partial charge < -0.3 is 14.9 Å². The highest BCUT2D eigenvalue weighted by Crippen LogP contribution is 2.22. The number of imidazole rings is 1. The summed E-state index contributed by atoms with van der Waals surface area (Å²) in [6, 6.07) is 5.05. The number of hydrogen-bond acceptors (Lipinski definition) is 2. The molecule has 6 heteroatoms. The van der Waals surface area contributed by atoms with Crippen LogP contribution in [0.5, 0.6) is 0 Å². The highest BCUT2D eigenvalue weighted by Gasteiger charge is 2.17. The number of carbonyl (C=O) groups is 1. The van der Waals surface area contributed by atoms with E-state index in [2.05, 4.69) is 10.3 Å². The van der Waals surface area contributed by atoms with E-state index in [-0.39, 0.29) is 11.9 Å². The van der Waals surface area contributed by atoms with Crippen molar-refractivity contribution in [2.24, 2.45) is 0 Å². The Morgan fingerprint density at radius 2 is 2.29 bits per heavy atom. The van der Waals surface area contributed by atoms with E-state index in [1.165, 1.54) is 0 Å². The van der Waals surface area contributed by atoms with Gasteiger partial charge in [0.15, 0.2) is 4.77 Å². The number of nitrogens with one attached hydrogen (secondary N) is 2. The van der Waals surface area contributed by atoms with Crippen LogP contribution in [0, 0.1) is 4.77 Å². The minimum Gasteiger partial charge on any atom is -0.357 e. The predicted octanol–water partition coefficient (Wildman–Crippen LogP) is 2.66. The van der Waals surface area contributed by atoms with Crippen LogP contribution < -0.4 is 5.32 Å². The molecule has 0 saturated carbocycles. The molecule has 0 fully saturated rings. The van der Waals surface area contributed by atoms with Crippen LogP contribution in [0.2, 0.25) is 5.02 Å². The van der Waals surface area contributed by atoms with Crippen molar-refractivity contribution in [3.05, 3.63) is 28.0 Å². The Morgan fingerprint density at radius 3 is 2.94 bits per heavy atom. The standard InChI is InChI=1S/C11H12ClN3OS/c1-6(10(16)13-2)15-9-5-7(12)3-4-8(9)14-11(15)17/h3-6H,1-2H3,(H,13,16)(H,14,17). The van der Waals surface area contributed by atoms with Crippen molar-refractivity contribution in [3.8, 4) is 0 Å². The van der Waals surface area contributed by atoms with E-state index in [1.807, 2.05) is 6.07 Å². The molecule has 2 aromatic rings. The van der Waals surface area contributed by atoms with Crippen LogP contribution in [0.3, 0.4) is 0 Å². The second-order valence-electron chi connectivity index (χ2n) is 3.75. The minimum absolute atomic E-state index is 0.0954. The number of likely N-dealkylation sites (N-methyl/N-ethyl adjacent to an activating group) is 1. The lowest BCUT2D eigenvalue weighted by atomic mass is 10.2. The Hall–Kier alpha value is -1.33. The highest BCUT2D eigenvalue weighted by molar-refractivity contribution is 7.71. The molecule has 1 aromatic carbocycles. The zero-order chi connectivity index (χ0) is 12.6. The zero-order valence-corrected chi connectivity index (χ0v) is 11.0. The van der Waals surface area contributed by atoms with E-state index in [9.17, 15) is 4.79 Å². The molecule has 0 radical (unpaired) electrons. The van der Waals surface area contributed by atoms with Gasteiger partial charge in [-0.25, -0.2) is 0 Å². The van der Waals surface area contributed by atoms with Crippen LogP contribution in [-0.4, -0.2) is 22.5 Å². The molecule has 2 N–H and O–H groups in total. The first-order valence-corrected chi connectivity index (χ1v) is 5.94. The number of fused-ring (bicyclic) bond motifs is 1. The molecule has 1 atom stereocenters. The first kappa shape index (κ1) is 12.1. The van der Waals surface area contributed by atoms with Gasteiger partial charge in [0.2, 0.25) is 5.91 Å². The lowest BCUT2D eigenvalue weighted by molar-refractivity contribution is -0.123. The Bertz CT molecular complexity index is 631. The summed E-state index contributed by atoms with van der Waals surface area (Å²) in [4.78, 5) is 14.7. The average Bonchev–Trinajstić information content (AvgIpc) is 2.62. The molecular formula is C11H12ClN3OS. The number of halogens is 1. The van der Waals surface area contributed by atoms with E-state index >= 15 is 0 Å². The summed E-state index contributed by atoms with van der Waals surface area (Å²) in [6.07, 6.45) is 0. The van der Waals surface area contributed by atoms with Crippen LogP contribution in [0.25, 0.3) is 11.0 Å². The van der Waals surface area contributed by atoms with E-state index in [4.69, 9.17) is 23.8 Å². The summed E-state index contributed by atoms with van der Waals surface area (Å²) < 4.78 is 2.27. The maximum atomic E-state index is 11.7. The maximum Gasteiger partial charge on any atom is 0.242 e. The van der Waals surface area contributed by atoms with Gasteiger partial charge in [-0.05, 0) is 37.3 Å². The molecule has 0 aliphatic heterocycles. The number of amides is 1. The molecule has 0 saturated heterocycles. The van der Waals surface area contributed by atoms with E-state index < -0.39 is 0 Å². The van der Waals surface area contributed by atoms with Crippen molar-refractivity contribution in [2.45, 2.75) is 13.0 Å². The molecule has 2 rings (SSSR count). The Balaban J connectivity index is 2.67. The van der Waals surface area contributed by atoms with Crippen molar-refractivity contribution in [2.75, 3.05) is 7.05 Å². The molecule has 4 nitrogen and oxygen atoms in total. The summed E-state index contributed by atoms with van der Waals surface area (Å²) in [5.74, 6) is -0.0954.